The Morgan fingerprint density at radius 1 is 1.31 bits per heavy atom. The predicted molar refractivity (Wildman–Crippen MR) is 94.1 cm³/mol. The molecule has 0 aliphatic rings. The van der Waals surface area contributed by atoms with Crippen molar-refractivity contribution in [1.82, 2.24) is 15.0 Å². The maximum Gasteiger partial charge on any atom is 0.340 e. The number of hydrogen-bond acceptors (Lipinski definition) is 8. The molecule has 0 saturated heterocycles. The summed E-state index contributed by atoms with van der Waals surface area (Å²) in [6, 6.07) is 10.7. The molecule has 0 spiro atoms. The molecular weight excluding hydrogens is 360 g/mol. The molecule has 0 bridgehead atoms. The zero-order valence-electron chi connectivity index (χ0n) is 13.5. The average molecular weight is 372 g/mol. The van der Waals surface area contributed by atoms with E-state index in [0.717, 1.165) is 10.7 Å². The Hall–Kier alpha value is -3.27. The number of aromatic nitrogens is 3. The molecule has 0 N–H and O–H groups in total. The van der Waals surface area contributed by atoms with Crippen LogP contribution < -0.4 is 5.56 Å². The Morgan fingerprint density at radius 3 is 2.81 bits per heavy atom. The van der Waals surface area contributed by atoms with Crippen molar-refractivity contribution in [3.63, 3.8) is 0 Å². The molecule has 1 heterocycles. The van der Waals surface area contributed by atoms with E-state index < -0.39 is 23.2 Å². The van der Waals surface area contributed by atoms with Crippen LogP contribution in [0.2, 0.25) is 0 Å². The zero-order chi connectivity index (χ0) is 18.7. The van der Waals surface area contributed by atoms with Crippen LogP contribution in [0.3, 0.4) is 0 Å². The fraction of sp³-hybridized carbons (Fsp3) is 0.125. The van der Waals surface area contributed by atoms with Gasteiger partial charge in [-0.2, -0.15) is 4.68 Å². The Labute approximate surface area is 150 Å². The molecule has 0 saturated carbocycles. The molecule has 0 atom stereocenters. The number of hydrogen-bond donors (Lipinski definition) is 0. The number of fused-ring (bicyclic) bond motifs is 1. The van der Waals surface area contributed by atoms with E-state index >= 15 is 0 Å². The molecule has 0 unspecified atom stereocenters. The molecule has 0 radical (unpaired) electrons. The van der Waals surface area contributed by atoms with E-state index in [1.807, 2.05) is 0 Å². The van der Waals surface area contributed by atoms with E-state index in [4.69, 9.17) is 4.74 Å². The molecule has 2 aromatic carbocycles. The van der Waals surface area contributed by atoms with Crippen LogP contribution in [0.25, 0.3) is 10.9 Å². The quantitative estimate of drug-likeness (QED) is 0.290. The SMILES string of the molecule is CSc1ccc(C(=O)OCn2nnc3ccccc3c2=O)cc1[N+](=O)[O-]. The summed E-state index contributed by atoms with van der Waals surface area (Å²) in [6.45, 7) is -0.451. The van der Waals surface area contributed by atoms with Gasteiger partial charge in [0.1, 0.15) is 5.52 Å². The molecule has 1 aromatic heterocycles. The zero-order valence-corrected chi connectivity index (χ0v) is 14.3. The van der Waals surface area contributed by atoms with Gasteiger partial charge in [-0.25, -0.2) is 4.79 Å². The second kappa shape index (κ2) is 7.31. The first-order valence-electron chi connectivity index (χ1n) is 7.33. The van der Waals surface area contributed by atoms with Gasteiger partial charge in [-0.15, -0.1) is 16.9 Å². The van der Waals surface area contributed by atoms with Gasteiger partial charge in [0.25, 0.3) is 11.2 Å². The number of thioether (sulfide) groups is 1. The van der Waals surface area contributed by atoms with Gasteiger partial charge < -0.3 is 4.74 Å². The molecule has 3 rings (SSSR count). The predicted octanol–water partition coefficient (Wildman–Crippen LogP) is 2.24. The van der Waals surface area contributed by atoms with Crippen molar-refractivity contribution in [2.75, 3.05) is 6.26 Å². The summed E-state index contributed by atoms with van der Waals surface area (Å²) in [7, 11) is 0. The molecule has 10 heteroatoms. The lowest BCUT2D eigenvalue weighted by atomic mass is 10.2. The van der Waals surface area contributed by atoms with Gasteiger partial charge in [-0.05, 0) is 30.5 Å². The first kappa shape index (κ1) is 17.5. The smallest absolute Gasteiger partial charge is 0.340 e. The molecule has 3 aromatic rings. The minimum absolute atomic E-state index is 0.0105. The van der Waals surface area contributed by atoms with Crippen molar-refractivity contribution in [3.8, 4) is 0 Å². The van der Waals surface area contributed by atoms with E-state index in [-0.39, 0.29) is 11.3 Å². The van der Waals surface area contributed by atoms with Crippen molar-refractivity contribution in [2.45, 2.75) is 11.6 Å². The second-order valence-corrected chi connectivity index (χ2v) is 5.96. The largest absolute Gasteiger partial charge is 0.439 e. The highest BCUT2D eigenvalue weighted by atomic mass is 32.2. The number of carbonyl (C=O) groups is 1. The molecule has 132 valence electrons. The summed E-state index contributed by atoms with van der Waals surface area (Å²) < 4.78 is 5.95. The number of rotatable bonds is 5. The summed E-state index contributed by atoms with van der Waals surface area (Å²) in [5.41, 5.74) is -0.193. The number of nitrogens with zero attached hydrogens (tertiary/aromatic N) is 4. The van der Waals surface area contributed by atoms with Crippen LogP contribution in [0.5, 0.6) is 0 Å². The summed E-state index contributed by atoms with van der Waals surface area (Å²) >= 11 is 1.20. The average Bonchev–Trinajstić information content (AvgIpc) is 2.66. The van der Waals surface area contributed by atoms with Crippen LogP contribution in [-0.4, -0.2) is 32.1 Å². The lowest BCUT2D eigenvalue weighted by molar-refractivity contribution is -0.387. The molecular formula is C16H12N4O5S. The Kier molecular flexibility index (Phi) is 4.94. The number of ether oxygens (including phenoxy) is 1. The van der Waals surface area contributed by atoms with Gasteiger partial charge in [0, 0.05) is 6.07 Å². The summed E-state index contributed by atoms with van der Waals surface area (Å²) in [6.07, 6.45) is 1.70. The van der Waals surface area contributed by atoms with Crippen molar-refractivity contribution in [3.05, 3.63) is 68.5 Å². The minimum atomic E-state index is -0.803. The first-order valence-corrected chi connectivity index (χ1v) is 8.56. The lowest BCUT2D eigenvalue weighted by Crippen LogP contribution is -2.26. The fourth-order valence-corrected chi connectivity index (χ4v) is 2.82. The summed E-state index contributed by atoms with van der Waals surface area (Å²) in [4.78, 5) is 35.4. The van der Waals surface area contributed by atoms with Crippen LogP contribution >= 0.6 is 11.8 Å². The van der Waals surface area contributed by atoms with Crippen LogP contribution in [0, 0.1) is 10.1 Å². The van der Waals surface area contributed by atoms with Crippen LogP contribution in [0.1, 0.15) is 10.4 Å². The third-order valence-electron chi connectivity index (χ3n) is 3.56. The van der Waals surface area contributed by atoms with Crippen molar-refractivity contribution >= 4 is 34.3 Å². The second-order valence-electron chi connectivity index (χ2n) is 5.12. The number of benzene rings is 2. The number of carbonyl (C=O) groups excluding carboxylic acids is 1. The van der Waals surface area contributed by atoms with Crippen molar-refractivity contribution in [1.29, 1.82) is 0 Å². The topological polar surface area (TPSA) is 117 Å². The monoisotopic (exact) mass is 372 g/mol. The van der Waals surface area contributed by atoms with E-state index in [1.165, 1.54) is 23.9 Å². The summed E-state index contributed by atoms with van der Waals surface area (Å²) in [5, 5.41) is 19.0. The molecule has 26 heavy (non-hydrogen) atoms. The number of nitro benzene ring substituents is 1. The van der Waals surface area contributed by atoms with Gasteiger partial charge in [0.05, 0.1) is 20.8 Å². The highest BCUT2D eigenvalue weighted by molar-refractivity contribution is 7.98. The molecule has 0 aliphatic carbocycles. The molecule has 0 amide bonds. The van der Waals surface area contributed by atoms with E-state index in [9.17, 15) is 19.7 Å². The van der Waals surface area contributed by atoms with Gasteiger partial charge in [0.2, 0.25) is 0 Å². The standard InChI is InChI=1S/C16H12N4O5S/c1-26-14-7-6-10(8-13(14)20(23)24)16(22)25-9-19-15(21)11-4-2-3-5-12(11)17-18-19/h2-8H,9H2,1H3. The fourth-order valence-electron chi connectivity index (χ4n) is 2.27. The van der Waals surface area contributed by atoms with E-state index in [2.05, 4.69) is 10.3 Å². The van der Waals surface area contributed by atoms with E-state index in [0.29, 0.717) is 15.8 Å². The van der Waals surface area contributed by atoms with Gasteiger partial charge in [-0.3, -0.25) is 14.9 Å². The van der Waals surface area contributed by atoms with Crippen LogP contribution in [0.15, 0.2) is 52.2 Å². The minimum Gasteiger partial charge on any atom is -0.439 e. The highest BCUT2D eigenvalue weighted by Crippen LogP contribution is 2.28. The van der Waals surface area contributed by atoms with Crippen LogP contribution in [0.4, 0.5) is 5.69 Å². The number of esters is 1. The van der Waals surface area contributed by atoms with Gasteiger partial charge >= 0.3 is 5.97 Å². The normalized spacial score (nSPS) is 10.7. The molecule has 0 fully saturated rings. The van der Waals surface area contributed by atoms with Crippen LogP contribution in [-0.2, 0) is 11.5 Å². The molecule has 0 aliphatic heterocycles. The maximum atomic E-state index is 12.3. The lowest BCUT2D eigenvalue weighted by Gasteiger charge is -2.07. The summed E-state index contributed by atoms with van der Waals surface area (Å²) in [5.74, 6) is -0.803. The maximum absolute atomic E-state index is 12.3. The molecule has 9 nitrogen and oxygen atoms in total. The van der Waals surface area contributed by atoms with Crippen molar-refractivity contribution in [2.24, 2.45) is 0 Å². The Morgan fingerprint density at radius 2 is 2.08 bits per heavy atom. The third kappa shape index (κ3) is 3.40. The van der Waals surface area contributed by atoms with E-state index in [1.54, 1.807) is 30.5 Å². The van der Waals surface area contributed by atoms with Gasteiger partial charge in [-0.1, -0.05) is 17.3 Å². The third-order valence-corrected chi connectivity index (χ3v) is 4.34. The number of nitro groups is 1. The Bertz CT molecular complexity index is 1070. The Balaban J connectivity index is 1.81. The highest BCUT2D eigenvalue weighted by Gasteiger charge is 2.18. The van der Waals surface area contributed by atoms with Gasteiger partial charge in [0.15, 0.2) is 6.73 Å². The van der Waals surface area contributed by atoms with Crippen molar-refractivity contribution < 1.29 is 14.5 Å². The first-order chi connectivity index (χ1) is 12.5.